The summed E-state index contributed by atoms with van der Waals surface area (Å²) in [5, 5.41) is 0. The van der Waals surface area contributed by atoms with E-state index in [2.05, 4.69) is 21.4 Å². The van der Waals surface area contributed by atoms with Crippen molar-refractivity contribution >= 4 is 15.9 Å². The van der Waals surface area contributed by atoms with Gasteiger partial charge in [-0.05, 0) is 35.9 Å². The third-order valence-electron chi connectivity index (χ3n) is 2.85. The maximum atomic E-state index is 13.3. The molecule has 5 heteroatoms. The van der Waals surface area contributed by atoms with E-state index in [4.69, 9.17) is 10.6 Å². The molecule has 0 aliphatic rings. The average Bonchev–Trinajstić information content (AvgIpc) is 2.40. The fourth-order valence-electron chi connectivity index (χ4n) is 1.98. The third-order valence-corrected chi connectivity index (χ3v) is 3.34. The van der Waals surface area contributed by atoms with E-state index in [0.29, 0.717) is 5.75 Å². The first-order valence-electron chi connectivity index (χ1n) is 5.70. The van der Waals surface area contributed by atoms with Gasteiger partial charge in [0.1, 0.15) is 11.6 Å². The van der Waals surface area contributed by atoms with Crippen molar-refractivity contribution in [3.8, 4) is 5.75 Å². The van der Waals surface area contributed by atoms with Crippen LogP contribution >= 0.6 is 15.9 Å². The molecule has 0 bridgehead atoms. The van der Waals surface area contributed by atoms with Crippen LogP contribution in [-0.4, -0.2) is 7.11 Å². The van der Waals surface area contributed by atoms with Crippen LogP contribution in [-0.2, 0) is 0 Å². The van der Waals surface area contributed by atoms with Crippen LogP contribution in [0.15, 0.2) is 46.9 Å². The Kier molecular flexibility index (Phi) is 4.52. The van der Waals surface area contributed by atoms with Gasteiger partial charge in [0.05, 0.1) is 13.2 Å². The molecular formula is C14H14BrFN2O. The largest absolute Gasteiger partial charge is 0.496 e. The van der Waals surface area contributed by atoms with Crippen LogP contribution in [0.2, 0.25) is 0 Å². The molecule has 19 heavy (non-hydrogen) atoms. The van der Waals surface area contributed by atoms with Crippen molar-refractivity contribution in [1.29, 1.82) is 0 Å². The highest BCUT2D eigenvalue weighted by molar-refractivity contribution is 9.10. The molecule has 0 saturated carbocycles. The van der Waals surface area contributed by atoms with E-state index in [1.807, 2.05) is 24.3 Å². The summed E-state index contributed by atoms with van der Waals surface area (Å²) in [5.41, 5.74) is 4.27. The monoisotopic (exact) mass is 324 g/mol. The van der Waals surface area contributed by atoms with Crippen LogP contribution in [0.4, 0.5) is 4.39 Å². The van der Waals surface area contributed by atoms with Gasteiger partial charge in [0, 0.05) is 10.0 Å². The molecule has 3 N–H and O–H groups in total. The van der Waals surface area contributed by atoms with Crippen LogP contribution in [0.3, 0.4) is 0 Å². The minimum atomic E-state index is -0.344. The first-order valence-corrected chi connectivity index (χ1v) is 6.50. The summed E-state index contributed by atoms with van der Waals surface area (Å²) in [6, 6.07) is 11.6. The fourth-order valence-corrected chi connectivity index (χ4v) is 2.36. The van der Waals surface area contributed by atoms with Crippen LogP contribution in [0, 0.1) is 5.82 Å². The summed E-state index contributed by atoms with van der Waals surface area (Å²) in [4.78, 5) is 0. The topological polar surface area (TPSA) is 47.3 Å². The quantitative estimate of drug-likeness (QED) is 0.671. The lowest BCUT2D eigenvalue weighted by Gasteiger charge is -2.20. The highest BCUT2D eigenvalue weighted by atomic mass is 79.9. The molecule has 0 heterocycles. The molecule has 0 radical (unpaired) electrons. The van der Waals surface area contributed by atoms with E-state index in [9.17, 15) is 4.39 Å². The summed E-state index contributed by atoms with van der Waals surface area (Å²) in [5.74, 6) is 6.01. The van der Waals surface area contributed by atoms with E-state index in [1.54, 1.807) is 13.2 Å². The predicted octanol–water partition coefficient (Wildman–Crippen LogP) is 3.15. The third kappa shape index (κ3) is 3.12. The Morgan fingerprint density at radius 1 is 1.26 bits per heavy atom. The normalized spacial score (nSPS) is 12.2. The van der Waals surface area contributed by atoms with E-state index in [0.717, 1.165) is 15.6 Å². The number of hydrogen-bond donors (Lipinski definition) is 2. The van der Waals surface area contributed by atoms with E-state index < -0.39 is 0 Å². The molecule has 0 spiro atoms. The molecule has 2 rings (SSSR count). The summed E-state index contributed by atoms with van der Waals surface area (Å²) in [6.07, 6.45) is 0. The Morgan fingerprint density at radius 3 is 2.68 bits per heavy atom. The standard InChI is InChI=1S/C14H14BrFN2O/c1-19-13-6-5-10(15)8-12(13)14(18-17)9-3-2-4-11(16)7-9/h2-8,14,18H,17H2,1H3. The lowest BCUT2D eigenvalue weighted by atomic mass is 9.98. The molecule has 0 saturated heterocycles. The number of rotatable bonds is 4. The van der Waals surface area contributed by atoms with Gasteiger partial charge in [-0.15, -0.1) is 0 Å². The fraction of sp³-hybridized carbons (Fsp3) is 0.143. The van der Waals surface area contributed by atoms with Crippen LogP contribution in [0.25, 0.3) is 0 Å². The summed E-state index contributed by atoms with van der Waals surface area (Å²) in [7, 11) is 1.59. The Hall–Kier alpha value is -1.43. The Balaban J connectivity index is 2.50. The highest BCUT2D eigenvalue weighted by Gasteiger charge is 2.17. The van der Waals surface area contributed by atoms with Crippen molar-refractivity contribution in [1.82, 2.24) is 5.43 Å². The highest BCUT2D eigenvalue weighted by Crippen LogP contribution is 2.32. The van der Waals surface area contributed by atoms with Gasteiger partial charge < -0.3 is 4.74 Å². The molecule has 2 aromatic rings. The van der Waals surface area contributed by atoms with Gasteiger partial charge in [-0.2, -0.15) is 0 Å². The van der Waals surface area contributed by atoms with Crippen LogP contribution < -0.4 is 16.0 Å². The van der Waals surface area contributed by atoms with Gasteiger partial charge >= 0.3 is 0 Å². The maximum absolute atomic E-state index is 13.3. The zero-order chi connectivity index (χ0) is 13.8. The molecule has 100 valence electrons. The molecule has 1 atom stereocenters. The predicted molar refractivity (Wildman–Crippen MR) is 76.3 cm³/mol. The molecule has 0 aliphatic heterocycles. The number of methoxy groups -OCH3 is 1. The molecule has 0 aromatic heterocycles. The van der Waals surface area contributed by atoms with Crippen molar-refractivity contribution in [3.63, 3.8) is 0 Å². The minimum absolute atomic E-state index is 0.299. The number of nitrogens with one attached hydrogen (secondary N) is 1. The number of halogens is 2. The second kappa shape index (κ2) is 6.14. The number of hydrazine groups is 1. The second-order valence-corrected chi connectivity index (χ2v) is 4.96. The van der Waals surface area contributed by atoms with E-state index in [1.165, 1.54) is 12.1 Å². The minimum Gasteiger partial charge on any atom is -0.496 e. The summed E-state index contributed by atoms with van der Waals surface area (Å²) >= 11 is 3.41. The second-order valence-electron chi connectivity index (χ2n) is 4.04. The summed E-state index contributed by atoms with van der Waals surface area (Å²) in [6.45, 7) is 0. The Bertz CT molecular complexity index is 577. The van der Waals surface area contributed by atoms with Gasteiger partial charge in [-0.25, -0.2) is 9.82 Å². The van der Waals surface area contributed by atoms with Gasteiger partial charge in [0.25, 0.3) is 0 Å². The average molecular weight is 325 g/mol. The Morgan fingerprint density at radius 2 is 2.05 bits per heavy atom. The van der Waals surface area contributed by atoms with Crippen molar-refractivity contribution in [2.24, 2.45) is 5.84 Å². The smallest absolute Gasteiger partial charge is 0.124 e. The lowest BCUT2D eigenvalue weighted by Crippen LogP contribution is -2.29. The molecule has 1 unspecified atom stereocenters. The van der Waals surface area contributed by atoms with E-state index in [-0.39, 0.29) is 11.9 Å². The zero-order valence-corrected chi connectivity index (χ0v) is 11.9. The van der Waals surface area contributed by atoms with E-state index >= 15 is 0 Å². The summed E-state index contributed by atoms with van der Waals surface area (Å²) < 4.78 is 19.6. The first kappa shape index (κ1) is 14.0. The number of benzene rings is 2. The molecule has 0 fully saturated rings. The molecule has 0 aliphatic carbocycles. The van der Waals surface area contributed by atoms with Gasteiger partial charge in [0.15, 0.2) is 0 Å². The van der Waals surface area contributed by atoms with Crippen molar-refractivity contribution in [2.45, 2.75) is 6.04 Å². The van der Waals surface area contributed by atoms with Gasteiger partial charge in [0.2, 0.25) is 0 Å². The first-order chi connectivity index (χ1) is 9.15. The SMILES string of the molecule is COc1ccc(Br)cc1C(NN)c1cccc(F)c1. The number of nitrogens with two attached hydrogens (primary N) is 1. The van der Waals surface area contributed by atoms with Crippen molar-refractivity contribution < 1.29 is 9.13 Å². The van der Waals surface area contributed by atoms with Crippen molar-refractivity contribution in [3.05, 3.63) is 63.9 Å². The van der Waals surface area contributed by atoms with Crippen LogP contribution in [0.5, 0.6) is 5.75 Å². The number of hydrogen-bond acceptors (Lipinski definition) is 3. The van der Waals surface area contributed by atoms with Crippen LogP contribution in [0.1, 0.15) is 17.2 Å². The Labute approximate surface area is 119 Å². The van der Waals surface area contributed by atoms with Gasteiger partial charge in [-0.3, -0.25) is 5.84 Å². The maximum Gasteiger partial charge on any atom is 0.124 e. The lowest BCUT2D eigenvalue weighted by molar-refractivity contribution is 0.404. The molecule has 0 amide bonds. The zero-order valence-electron chi connectivity index (χ0n) is 10.4. The van der Waals surface area contributed by atoms with Gasteiger partial charge in [-0.1, -0.05) is 28.1 Å². The number of ether oxygens (including phenoxy) is 1. The van der Waals surface area contributed by atoms with Crippen molar-refractivity contribution in [2.75, 3.05) is 7.11 Å². The molecule has 3 nitrogen and oxygen atoms in total. The molecular weight excluding hydrogens is 311 g/mol. The molecule has 2 aromatic carbocycles.